The first-order valence-corrected chi connectivity index (χ1v) is 10.0. The van der Waals surface area contributed by atoms with Crippen molar-refractivity contribution in [2.75, 3.05) is 26.4 Å². The third-order valence-electron chi connectivity index (χ3n) is 3.93. The third kappa shape index (κ3) is 5.69. The van der Waals surface area contributed by atoms with Crippen molar-refractivity contribution in [2.24, 2.45) is 4.99 Å². The molecule has 0 radical (unpaired) electrons. The first-order chi connectivity index (χ1) is 12.3. The fourth-order valence-corrected chi connectivity index (χ4v) is 3.35. The van der Waals surface area contributed by atoms with Gasteiger partial charge in [-0.25, -0.2) is 4.98 Å². The van der Waals surface area contributed by atoms with Gasteiger partial charge in [0.15, 0.2) is 5.96 Å². The lowest BCUT2D eigenvalue weighted by molar-refractivity contribution is 0.466. The van der Waals surface area contributed by atoms with Crippen LogP contribution in [0.4, 0.5) is 0 Å². The number of imidazole rings is 1. The number of nitrogens with zero attached hydrogens (tertiary/aromatic N) is 3. The normalized spacial score (nSPS) is 13.5. The zero-order valence-electron chi connectivity index (χ0n) is 16.2. The fourth-order valence-electron chi connectivity index (χ4n) is 2.45. The second kappa shape index (κ2) is 8.98. The van der Waals surface area contributed by atoms with Crippen molar-refractivity contribution in [1.29, 1.82) is 0 Å². The second-order valence-corrected chi connectivity index (χ2v) is 9.43. The summed E-state index contributed by atoms with van der Waals surface area (Å²) in [5.41, 5.74) is 2.11. The maximum atomic E-state index is 12.1. The standard InChI is InChI=1S/C19H29N5OS/c1-19(2,3)26(25)12-11-21-18(20-4)24(5)14-17-22-13-16(23-17)15-9-7-6-8-10-15/h6-10,13H,11-12,14H2,1-5H3,(H,20,21)(H,22,23). The number of hydrogen-bond acceptors (Lipinski definition) is 3. The minimum Gasteiger partial charge on any atom is -0.355 e. The Labute approximate surface area is 158 Å². The zero-order chi connectivity index (χ0) is 19.2. The smallest absolute Gasteiger partial charge is 0.193 e. The molecule has 26 heavy (non-hydrogen) atoms. The Balaban J connectivity index is 1.90. The van der Waals surface area contributed by atoms with E-state index in [1.807, 2.05) is 57.1 Å². The van der Waals surface area contributed by atoms with Gasteiger partial charge in [0.2, 0.25) is 0 Å². The lowest BCUT2D eigenvalue weighted by atomic mass is 10.2. The molecule has 7 heteroatoms. The van der Waals surface area contributed by atoms with Gasteiger partial charge >= 0.3 is 0 Å². The highest BCUT2D eigenvalue weighted by atomic mass is 32.2. The van der Waals surface area contributed by atoms with Crippen LogP contribution in [0.15, 0.2) is 41.5 Å². The molecule has 0 spiro atoms. The van der Waals surface area contributed by atoms with E-state index in [0.717, 1.165) is 23.0 Å². The predicted molar refractivity (Wildman–Crippen MR) is 110 cm³/mol. The van der Waals surface area contributed by atoms with Gasteiger partial charge in [0, 0.05) is 41.9 Å². The molecule has 2 aromatic rings. The van der Waals surface area contributed by atoms with Gasteiger partial charge < -0.3 is 15.2 Å². The Morgan fingerprint density at radius 3 is 2.62 bits per heavy atom. The van der Waals surface area contributed by atoms with Crippen LogP contribution in [0.2, 0.25) is 0 Å². The van der Waals surface area contributed by atoms with E-state index >= 15 is 0 Å². The molecule has 1 atom stereocenters. The highest BCUT2D eigenvalue weighted by Gasteiger charge is 2.19. The van der Waals surface area contributed by atoms with Crippen LogP contribution < -0.4 is 5.32 Å². The SMILES string of the molecule is CN=C(NCCS(=O)C(C)(C)C)N(C)Cc1ncc(-c2ccccc2)[nH]1. The summed E-state index contributed by atoms with van der Waals surface area (Å²) in [6.45, 7) is 7.20. The molecule has 2 rings (SSSR count). The summed E-state index contributed by atoms with van der Waals surface area (Å²) in [4.78, 5) is 14.1. The second-order valence-electron chi connectivity index (χ2n) is 7.10. The Kier molecular flexibility index (Phi) is 6.97. The number of aromatic amines is 1. The van der Waals surface area contributed by atoms with Crippen molar-refractivity contribution >= 4 is 16.8 Å². The molecule has 1 aromatic carbocycles. The van der Waals surface area contributed by atoms with Crippen molar-refractivity contribution in [3.8, 4) is 11.3 Å². The van der Waals surface area contributed by atoms with Crippen LogP contribution in [-0.4, -0.2) is 56.2 Å². The quantitative estimate of drug-likeness (QED) is 0.601. The molecule has 0 saturated heterocycles. The molecule has 6 nitrogen and oxygen atoms in total. The Hall–Kier alpha value is -2.15. The van der Waals surface area contributed by atoms with Gasteiger partial charge in [-0.15, -0.1) is 0 Å². The molecule has 0 amide bonds. The highest BCUT2D eigenvalue weighted by Crippen LogP contribution is 2.16. The number of hydrogen-bond donors (Lipinski definition) is 2. The molecular formula is C19H29N5OS. The van der Waals surface area contributed by atoms with Crippen LogP contribution in [0.1, 0.15) is 26.6 Å². The van der Waals surface area contributed by atoms with Crippen LogP contribution in [0, 0.1) is 0 Å². The van der Waals surface area contributed by atoms with Gasteiger partial charge in [0.05, 0.1) is 18.4 Å². The monoisotopic (exact) mass is 375 g/mol. The number of guanidine groups is 1. The van der Waals surface area contributed by atoms with Crippen LogP contribution in [0.3, 0.4) is 0 Å². The van der Waals surface area contributed by atoms with Crippen molar-refractivity contribution in [2.45, 2.75) is 32.1 Å². The minimum atomic E-state index is -0.879. The van der Waals surface area contributed by atoms with Gasteiger partial charge in [-0.05, 0) is 26.3 Å². The molecule has 2 N–H and O–H groups in total. The average molecular weight is 376 g/mol. The van der Waals surface area contributed by atoms with Gasteiger partial charge in [-0.2, -0.15) is 0 Å². The van der Waals surface area contributed by atoms with Crippen LogP contribution >= 0.6 is 0 Å². The molecule has 1 aromatic heterocycles. The Morgan fingerprint density at radius 1 is 1.31 bits per heavy atom. The number of H-pyrrole nitrogens is 1. The van der Waals surface area contributed by atoms with Crippen molar-refractivity contribution in [3.05, 3.63) is 42.4 Å². The molecular weight excluding hydrogens is 346 g/mol. The summed E-state index contributed by atoms with van der Waals surface area (Å²) in [6, 6.07) is 10.1. The van der Waals surface area contributed by atoms with E-state index in [2.05, 4.69) is 32.4 Å². The number of aliphatic imine (C=N–C) groups is 1. The lowest BCUT2D eigenvalue weighted by Gasteiger charge is -2.22. The minimum absolute atomic E-state index is 0.195. The number of benzene rings is 1. The van der Waals surface area contributed by atoms with E-state index < -0.39 is 10.8 Å². The summed E-state index contributed by atoms with van der Waals surface area (Å²) in [5.74, 6) is 2.22. The van der Waals surface area contributed by atoms with Crippen LogP contribution in [0.25, 0.3) is 11.3 Å². The summed E-state index contributed by atoms with van der Waals surface area (Å²) >= 11 is 0. The van der Waals surface area contributed by atoms with E-state index in [4.69, 9.17) is 0 Å². The third-order valence-corrected chi connectivity index (χ3v) is 5.87. The summed E-state index contributed by atoms with van der Waals surface area (Å²) in [6.07, 6.45) is 1.85. The largest absolute Gasteiger partial charge is 0.355 e. The molecule has 142 valence electrons. The maximum absolute atomic E-state index is 12.1. The van der Waals surface area contributed by atoms with Crippen molar-refractivity contribution in [1.82, 2.24) is 20.2 Å². The van der Waals surface area contributed by atoms with Gasteiger partial charge in [-0.3, -0.25) is 9.20 Å². The molecule has 0 aliphatic heterocycles. The zero-order valence-corrected chi connectivity index (χ0v) is 17.1. The number of nitrogens with one attached hydrogen (secondary N) is 2. The van der Waals surface area contributed by atoms with Crippen molar-refractivity contribution in [3.63, 3.8) is 0 Å². The van der Waals surface area contributed by atoms with Crippen molar-refractivity contribution < 1.29 is 4.21 Å². The van der Waals surface area contributed by atoms with Gasteiger partial charge in [0.25, 0.3) is 0 Å². The molecule has 0 bridgehead atoms. The lowest BCUT2D eigenvalue weighted by Crippen LogP contribution is -2.41. The highest BCUT2D eigenvalue weighted by molar-refractivity contribution is 7.86. The fraction of sp³-hybridized carbons (Fsp3) is 0.474. The molecule has 1 unspecified atom stereocenters. The van der Waals surface area contributed by atoms with E-state index in [1.165, 1.54) is 0 Å². The number of aromatic nitrogens is 2. The van der Waals surface area contributed by atoms with Crippen LogP contribution in [0.5, 0.6) is 0 Å². The predicted octanol–water partition coefficient (Wildman–Crippen LogP) is 2.63. The van der Waals surface area contributed by atoms with E-state index in [9.17, 15) is 4.21 Å². The topological polar surface area (TPSA) is 73.4 Å². The molecule has 0 fully saturated rings. The van der Waals surface area contributed by atoms with E-state index in [-0.39, 0.29) is 4.75 Å². The average Bonchev–Trinajstić information content (AvgIpc) is 3.06. The van der Waals surface area contributed by atoms with Gasteiger partial charge in [0.1, 0.15) is 5.82 Å². The summed E-state index contributed by atoms with van der Waals surface area (Å²) in [7, 11) is 2.83. The van der Waals surface area contributed by atoms with E-state index in [0.29, 0.717) is 18.8 Å². The first kappa shape index (κ1) is 20.2. The molecule has 0 aliphatic carbocycles. The number of rotatable bonds is 6. The summed E-state index contributed by atoms with van der Waals surface area (Å²) in [5, 5.41) is 3.27. The molecule has 0 saturated carbocycles. The Morgan fingerprint density at radius 2 is 2.00 bits per heavy atom. The first-order valence-electron chi connectivity index (χ1n) is 8.71. The summed E-state index contributed by atoms with van der Waals surface area (Å²) < 4.78 is 11.9. The van der Waals surface area contributed by atoms with Gasteiger partial charge in [-0.1, -0.05) is 30.3 Å². The molecule has 1 heterocycles. The maximum Gasteiger partial charge on any atom is 0.193 e. The van der Waals surface area contributed by atoms with Crippen LogP contribution in [-0.2, 0) is 17.3 Å². The van der Waals surface area contributed by atoms with E-state index in [1.54, 1.807) is 7.05 Å². The molecule has 0 aliphatic rings. The Bertz CT molecular complexity index is 749.